The van der Waals surface area contributed by atoms with Gasteiger partial charge in [-0.05, 0) is 74.1 Å². The van der Waals surface area contributed by atoms with Crippen LogP contribution in [0.15, 0.2) is 12.1 Å². The van der Waals surface area contributed by atoms with Crippen molar-refractivity contribution in [2.45, 2.75) is 53.0 Å². The number of fused-ring (bicyclic) bond motifs is 3. The second-order valence-electron chi connectivity index (χ2n) is 10.7. The van der Waals surface area contributed by atoms with Crippen LogP contribution in [-0.2, 0) is 16.0 Å². The third-order valence-corrected chi connectivity index (χ3v) is 7.23. The maximum absolute atomic E-state index is 12.4. The van der Waals surface area contributed by atoms with E-state index in [9.17, 15) is 14.7 Å². The first kappa shape index (κ1) is 26.1. The van der Waals surface area contributed by atoms with Crippen LogP contribution >= 0.6 is 0 Å². The Morgan fingerprint density at radius 3 is 2.47 bits per heavy atom. The number of carboxylic acid groups (broad SMARTS) is 1. The topological polar surface area (TPSA) is 97.3 Å². The Morgan fingerprint density at radius 2 is 1.85 bits per heavy atom. The average molecular weight is 477 g/mol. The van der Waals surface area contributed by atoms with Crippen molar-refractivity contribution in [1.29, 1.82) is 0 Å². The number of ether oxygens (including phenoxy) is 3. The minimum atomic E-state index is -1.05. The molecular weight excluding hydrogens is 436 g/mol. The van der Waals surface area contributed by atoms with Crippen LogP contribution in [0.2, 0.25) is 0 Å². The molecule has 0 bridgehead atoms. The highest BCUT2D eigenvalue weighted by atomic mass is 16.5. The first-order chi connectivity index (χ1) is 16.1. The molecule has 2 heterocycles. The summed E-state index contributed by atoms with van der Waals surface area (Å²) in [4.78, 5) is 26.2. The molecule has 8 nitrogen and oxygen atoms in total. The van der Waals surface area contributed by atoms with E-state index < -0.39 is 17.5 Å². The third kappa shape index (κ3) is 5.95. The predicted molar refractivity (Wildman–Crippen MR) is 129 cm³/mol. The predicted octanol–water partition coefficient (Wildman–Crippen LogP) is 4.12. The average Bonchev–Trinajstić information content (AvgIpc) is 2.79. The summed E-state index contributed by atoms with van der Waals surface area (Å²) < 4.78 is 16.7. The van der Waals surface area contributed by atoms with E-state index in [2.05, 4.69) is 36.2 Å². The van der Waals surface area contributed by atoms with Gasteiger partial charge in [-0.25, -0.2) is 4.79 Å². The highest BCUT2D eigenvalue weighted by Crippen LogP contribution is 2.45. The van der Waals surface area contributed by atoms with Crippen LogP contribution < -0.4 is 14.8 Å². The number of piperidine rings is 1. The van der Waals surface area contributed by atoms with Crippen molar-refractivity contribution < 1.29 is 28.9 Å². The molecule has 3 atom stereocenters. The van der Waals surface area contributed by atoms with Crippen LogP contribution in [0.4, 0.5) is 4.79 Å². The van der Waals surface area contributed by atoms with Crippen LogP contribution in [0.5, 0.6) is 11.5 Å². The Labute approximate surface area is 202 Å². The summed E-state index contributed by atoms with van der Waals surface area (Å²) in [5.41, 5.74) is 1.51. The van der Waals surface area contributed by atoms with E-state index in [0.717, 1.165) is 43.9 Å². The maximum Gasteiger partial charge on any atom is 0.407 e. The zero-order valence-electron chi connectivity index (χ0n) is 21.3. The first-order valence-corrected chi connectivity index (χ1v) is 12.2. The van der Waals surface area contributed by atoms with Gasteiger partial charge in [-0.1, -0.05) is 13.8 Å². The Balaban J connectivity index is 1.73. The Bertz CT molecular complexity index is 884. The summed E-state index contributed by atoms with van der Waals surface area (Å²) in [6, 6.07) is 4.44. The molecule has 1 amide bonds. The number of benzene rings is 1. The minimum Gasteiger partial charge on any atom is -0.493 e. The molecule has 1 aromatic rings. The molecular formula is C26H40N2O6. The molecule has 2 N–H and O–H groups in total. The lowest BCUT2D eigenvalue weighted by Crippen LogP contribution is -2.47. The number of carbonyl (C=O) groups excluding carboxylic acids is 1. The van der Waals surface area contributed by atoms with Gasteiger partial charge in [0, 0.05) is 25.7 Å². The van der Waals surface area contributed by atoms with E-state index in [1.54, 1.807) is 28.1 Å². The summed E-state index contributed by atoms with van der Waals surface area (Å²) in [7, 11) is 3.32. The van der Waals surface area contributed by atoms with E-state index in [1.807, 2.05) is 0 Å². The van der Waals surface area contributed by atoms with Crippen LogP contribution in [-0.4, -0.2) is 62.5 Å². The Hall–Kier alpha value is -2.48. The Morgan fingerprint density at radius 1 is 1.18 bits per heavy atom. The standard InChI is InChI=1S/C26H40N2O6/c1-16(2)9-18-13-28-8-7-17-11-22(32-5)23(33-6)12-20(17)21(28)10-19(18)14-34-25(31)27-15-26(3,4)24(29)30/h11-12,16,18-19,21H,7-10,13-15H2,1-6H3,(H,27,31)(H,29,30)/t18-,19+,21-/m1/s1. The number of rotatable bonds is 9. The maximum atomic E-state index is 12.4. The molecule has 1 fully saturated rings. The molecule has 1 saturated heterocycles. The normalized spacial score (nSPS) is 22.5. The van der Waals surface area contributed by atoms with Gasteiger partial charge < -0.3 is 24.6 Å². The Kier molecular flexibility index (Phi) is 8.34. The molecule has 2 aliphatic heterocycles. The lowest BCUT2D eigenvalue weighted by molar-refractivity contribution is -0.146. The van der Waals surface area contributed by atoms with Gasteiger partial charge in [-0.15, -0.1) is 0 Å². The number of aliphatic carboxylic acids is 1. The molecule has 2 aliphatic rings. The summed E-state index contributed by atoms with van der Waals surface area (Å²) >= 11 is 0. The number of hydrogen-bond acceptors (Lipinski definition) is 6. The first-order valence-electron chi connectivity index (χ1n) is 12.2. The summed E-state index contributed by atoms with van der Waals surface area (Å²) in [6.07, 6.45) is 2.39. The van der Waals surface area contributed by atoms with Crippen molar-refractivity contribution >= 4 is 12.1 Å². The number of nitrogens with one attached hydrogen (secondary N) is 1. The number of carbonyl (C=O) groups is 2. The number of amides is 1. The number of methoxy groups -OCH3 is 2. The van der Waals surface area contributed by atoms with Gasteiger partial charge in [-0.2, -0.15) is 0 Å². The molecule has 0 unspecified atom stereocenters. The molecule has 1 aromatic carbocycles. The fourth-order valence-electron chi connectivity index (χ4n) is 5.18. The molecule has 190 valence electrons. The van der Waals surface area contributed by atoms with Crippen molar-refractivity contribution in [3.63, 3.8) is 0 Å². The number of nitrogens with zero attached hydrogens (tertiary/aromatic N) is 1. The summed E-state index contributed by atoms with van der Waals surface area (Å²) in [5.74, 6) is 1.74. The van der Waals surface area contributed by atoms with Crippen molar-refractivity contribution in [2.75, 3.05) is 40.5 Å². The van der Waals surface area contributed by atoms with Crippen LogP contribution in [0.1, 0.15) is 57.7 Å². The van der Waals surface area contributed by atoms with Crippen molar-refractivity contribution in [2.24, 2.45) is 23.2 Å². The van der Waals surface area contributed by atoms with Crippen molar-refractivity contribution in [3.8, 4) is 11.5 Å². The lowest BCUT2D eigenvalue weighted by Gasteiger charge is -2.47. The van der Waals surface area contributed by atoms with Gasteiger partial charge in [0.05, 0.1) is 26.2 Å². The highest BCUT2D eigenvalue weighted by molar-refractivity contribution is 5.75. The van der Waals surface area contributed by atoms with Gasteiger partial charge >= 0.3 is 12.1 Å². The smallest absolute Gasteiger partial charge is 0.407 e. The fraction of sp³-hybridized carbons (Fsp3) is 0.692. The second kappa shape index (κ2) is 10.8. The molecule has 0 radical (unpaired) electrons. The van der Waals surface area contributed by atoms with E-state index in [1.165, 1.54) is 11.1 Å². The van der Waals surface area contributed by atoms with Crippen LogP contribution in [0.3, 0.4) is 0 Å². The SMILES string of the molecule is COc1cc2c(cc1OC)[C@H]1C[C@@H](COC(=O)NCC(C)(C)C(=O)O)[C@H](CC(C)C)CN1CC2. The van der Waals surface area contributed by atoms with Crippen molar-refractivity contribution in [3.05, 3.63) is 23.3 Å². The molecule has 0 saturated carbocycles. The largest absolute Gasteiger partial charge is 0.493 e. The van der Waals surface area contributed by atoms with E-state index in [4.69, 9.17) is 14.2 Å². The number of carboxylic acids is 1. The van der Waals surface area contributed by atoms with E-state index >= 15 is 0 Å². The van der Waals surface area contributed by atoms with Crippen molar-refractivity contribution in [1.82, 2.24) is 10.2 Å². The summed E-state index contributed by atoms with van der Waals surface area (Å²) in [5, 5.41) is 11.9. The number of alkyl carbamates (subject to hydrolysis) is 1. The lowest BCUT2D eigenvalue weighted by atomic mass is 9.74. The minimum absolute atomic E-state index is 0.0205. The number of hydrogen-bond donors (Lipinski definition) is 2. The van der Waals surface area contributed by atoms with Gasteiger partial charge in [0.15, 0.2) is 11.5 Å². The molecule has 0 aliphatic carbocycles. The van der Waals surface area contributed by atoms with E-state index in [0.29, 0.717) is 18.4 Å². The van der Waals surface area contributed by atoms with Gasteiger partial charge in [0.1, 0.15) is 0 Å². The molecule has 0 spiro atoms. The van der Waals surface area contributed by atoms with Crippen LogP contribution in [0.25, 0.3) is 0 Å². The molecule has 3 rings (SSSR count). The molecule has 0 aromatic heterocycles. The zero-order chi connectivity index (χ0) is 25.0. The molecule has 34 heavy (non-hydrogen) atoms. The third-order valence-electron chi connectivity index (χ3n) is 7.23. The van der Waals surface area contributed by atoms with Gasteiger partial charge in [0.2, 0.25) is 0 Å². The zero-order valence-corrected chi connectivity index (χ0v) is 21.3. The summed E-state index contributed by atoms with van der Waals surface area (Å²) in [6.45, 7) is 9.93. The van der Waals surface area contributed by atoms with Gasteiger partial charge in [0.25, 0.3) is 0 Å². The molecule has 8 heteroatoms. The van der Waals surface area contributed by atoms with Crippen LogP contribution in [0, 0.1) is 23.2 Å². The van der Waals surface area contributed by atoms with E-state index in [-0.39, 0.29) is 18.5 Å². The highest BCUT2D eigenvalue weighted by Gasteiger charge is 2.40. The fourth-order valence-corrected chi connectivity index (χ4v) is 5.18. The second-order valence-corrected chi connectivity index (χ2v) is 10.7. The van der Waals surface area contributed by atoms with Gasteiger partial charge in [-0.3, -0.25) is 9.69 Å². The monoisotopic (exact) mass is 476 g/mol. The quantitative estimate of drug-likeness (QED) is 0.553.